The van der Waals surface area contributed by atoms with Crippen LogP contribution in [0.1, 0.15) is 42.1 Å². The average molecular weight is 366 g/mol. The van der Waals surface area contributed by atoms with Gasteiger partial charge < -0.3 is 4.74 Å². The molecule has 0 saturated heterocycles. The van der Waals surface area contributed by atoms with E-state index in [1.165, 1.54) is 31.9 Å². The molecule has 0 saturated carbocycles. The molecule has 0 fully saturated rings. The van der Waals surface area contributed by atoms with E-state index >= 15 is 0 Å². The molecule has 3 aromatic rings. The highest BCUT2D eigenvalue weighted by Gasteiger charge is 2.10. The molecular formula is C21H22N2O2S. The zero-order valence-electron chi connectivity index (χ0n) is 15.1. The van der Waals surface area contributed by atoms with E-state index in [1.807, 2.05) is 12.1 Å². The van der Waals surface area contributed by atoms with Crippen LogP contribution in [-0.4, -0.2) is 23.3 Å². The number of unbranched alkanes of at least 4 members (excludes halogenated alkanes) is 2. The molecule has 26 heavy (non-hydrogen) atoms. The van der Waals surface area contributed by atoms with Gasteiger partial charge in [0.25, 0.3) is 0 Å². The number of ether oxygens (including phenoxy) is 1. The molecule has 3 rings (SSSR count). The van der Waals surface area contributed by atoms with Crippen molar-refractivity contribution in [1.29, 1.82) is 0 Å². The Bertz CT molecular complexity index is 854. The number of nitrogens with zero attached hydrogens (tertiary/aromatic N) is 2. The molecule has 0 aliphatic heterocycles. The second kappa shape index (κ2) is 8.72. The molecule has 0 amide bonds. The van der Waals surface area contributed by atoms with E-state index in [4.69, 9.17) is 4.74 Å². The number of rotatable bonds is 7. The fourth-order valence-electron chi connectivity index (χ4n) is 2.72. The summed E-state index contributed by atoms with van der Waals surface area (Å²) in [6.45, 7) is 2.22. The number of hydrogen-bond acceptors (Lipinski definition) is 5. The summed E-state index contributed by atoms with van der Waals surface area (Å²) in [7, 11) is 1.38. The van der Waals surface area contributed by atoms with Crippen LogP contribution in [0.15, 0.2) is 48.5 Å². The third kappa shape index (κ3) is 4.35. The van der Waals surface area contributed by atoms with Crippen molar-refractivity contribution in [2.75, 3.05) is 7.11 Å². The quantitative estimate of drug-likeness (QED) is 0.415. The maximum atomic E-state index is 11.5. The summed E-state index contributed by atoms with van der Waals surface area (Å²) >= 11 is 1.55. The van der Waals surface area contributed by atoms with Gasteiger partial charge in [-0.15, -0.1) is 10.2 Å². The Labute approximate surface area is 157 Å². The Morgan fingerprint density at radius 1 is 0.923 bits per heavy atom. The average Bonchev–Trinajstić information content (AvgIpc) is 3.18. The summed E-state index contributed by atoms with van der Waals surface area (Å²) in [5.41, 5.74) is 3.92. The minimum absolute atomic E-state index is 0.339. The highest BCUT2D eigenvalue weighted by Crippen LogP contribution is 2.30. The number of carbonyl (C=O) groups is 1. The molecule has 1 heterocycles. The van der Waals surface area contributed by atoms with Gasteiger partial charge in [0, 0.05) is 11.1 Å². The highest BCUT2D eigenvalue weighted by atomic mass is 32.1. The maximum absolute atomic E-state index is 11.5. The Morgan fingerprint density at radius 2 is 1.50 bits per heavy atom. The predicted molar refractivity (Wildman–Crippen MR) is 105 cm³/mol. The Hall–Kier alpha value is -2.53. The fraction of sp³-hybridized carbons (Fsp3) is 0.286. The molecule has 0 N–H and O–H groups in total. The van der Waals surface area contributed by atoms with Gasteiger partial charge >= 0.3 is 5.97 Å². The van der Waals surface area contributed by atoms with Gasteiger partial charge in [-0.25, -0.2) is 4.79 Å². The molecule has 0 atom stereocenters. The smallest absolute Gasteiger partial charge is 0.337 e. The number of aromatic nitrogens is 2. The van der Waals surface area contributed by atoms with Crippen molar-refractivity contribution in [3.05, 3.63) is 59.7 Å². The Morgan fingerprint density at radius 3 is 2.04 bits per heavy atom. The van der Waals surface area contributed by atoms with Gasteiger partial charge in [0.05, 0.1) is 12.7 Å². The normalized spacial score (nSPS) is 10.7. The van der Waals surface area contributed by atoms with Crippen molar-refractivity contribution < 1.29 is 9.53 Å². The molecule has 1 aromatic heterocycles. The lowest BCUT2D eigenvalue weighted by Gasteiger charge is -2.02. The lowest BCUT2D eigenvalue weighted by atomic mass is 10.1. The molecule has 5 heteroatoms. The zero-order valence-corrected chi connectivity index (χ0v) is 15.9. The maximum Gasteiger partial charge on any atom is 0.337 e. The molecule has 134 valence electrons. The highest BCUT2D eigenvalue weighted by molar-refractivity contribution is 7.17. The number of aryl methyl sites for hydroxylation is 1. The lowest BCUT2D eigenvalue weighted by Crippen LogP contribution is -2.00. The van der Waals surface area contributed by atoms with Crippen LogP contribution in [0.25, 0.3) is 21.1 Å². The minimum Gasteiger partial charge on any atom is -0.465 e. The zero-order chi connectivity index (χ0) is 18.4. The van der Waals surface area contributed by atoms with E-state index < -0.39 is 0 Å². The third-order valence-corrected chi connectivity index (χ3v) is 5.27. The largest absolute Gasteiger partial charge is 0.465 e. The molecule has 0 radical (unpaired) electrons. The van der Waals surface area contributed by atoms with Gasteiger partial charge in [0.2, 0.25) is 0 Å². The van der Waals surface area contributed by atoms with Gasteiger partial charge in [-0.2, -0.15) is 0 Å². The predicted octanol–water partition coefficient (Wildman–Crippen LogP) is 5.39. The summed E-state index contributed by atoms with van der Waals surface area (Å²) in [5, 5.41) is 10.3. The summed E-state index contributed by atoms with van der Waals surface area (Å²) in [5.74, 6) is -0.339. The minimum atomic E-state index is -0.339. The number of carbonyl (C=O) groups excluding carboxylic acids is 1. The van der Waals surface area contributed by atoms with Gasteiger partial charge in [-0.1, -0.05) is 67.5 Å². The molecule has 0 aliphatic carbocycles. The van der Waals surface area contributed by atoms with Crippen LogP contribution in [0.3, 0.4) is 0 Å². The molecule has 0 unspecified atom stereocenters. The van der Waals surface area contributed by atoms with Crippen molar-refractivity contribution in [3.63, 3.8) is 0 Å². The molecule has 0 spiro atoms. The van der Waals surface area contributed by atoms with Gasteiger partial charge in [-0.3, -0.25) is 0 Å². The summed E-state index contributed by atoms with van der Waals surface area (Å²) in [4.78, 5) is 11.5. The number of esters is 1. The number of benzene rings is 2. The first-order valence-corrected chi connectivity index (χ1v) is 9.64. The van der Waals surface area contributed by atoms with Gasteiger partial charge in [0.15, 0.2) is 0 Å². The van der Waals surface area contributed by atoms with Crippen LogP contribution in [0, 0.1) is 0 Å². The Kier molecular flexibility index (Phi) is 6.12. The van der Waals surface area contributed by atoms with Crippen molar-refractivity contribution in [2.45, 2.75) is 32.6 Å². The van der Waals surface area contributed by atoms with Crippen molar-refractivity contribution in [1.82, 2.24) is 10.2 Å². The molecular weight excluding hydrogens is 344 g/mol. The lowest BCUT2D eigenvalue weighted by molar-refractivity contribution is 0.0601. The molecule has 0 bridgehead atoms. The van der Waals surface area contributed by atoms with Crippen LogP contribution in [0.5, 0.6) is 0 Å². The monoisotopic (exact) mass is 366 g/mol. The number of hydrogen-bond donors (Lipinski definition) is 0. The van der Waals surface area contributed by atoms with E-state index in [0.717, 1.165) is 27.6 Å². The Balaban J connectivity index is 1.72. The van der Waals surface area contributed by atoms with E-state index in [9.17, 15) is 4.79 Å². The summed E-state index contributed by atoms with van der Waals surface area (Å²) in [6.07, 6.45) is 4.88. The summed E-state index contributed by atoms with van der Waals surface area (Å²) < 4.78 is 4.72. The van der Waals surface area contributed by atoms with Crippen molar-refractivity contribution >= 4 is 17.3 Å². The molecule has 2 aromatic carbocycles. The second-order valence-electron chi connectivity index (χ2n) is 6.14. The van der Waals surface area contributed by atoms with Gasteiger partial charge in [-0.05, 0) is 30.5 Å². The summed E-state index contributed by atoms with van der Waals surface area (Å²) in [6, 6.07) is 15.8. The topological polar surface area (TPSA) is 52.1 Å². The standard InChI is InChI=1S/C21H22N2O2S/c1-3-4-5-6-15-7-9-16(10-8-15)19-22-23-20(26-19)17-11-13-18(14-12-17)21(24)25-2/h7-14H,3-6H2,1-2H3. The first kappa shape index (κ1) is 18.3. The molecule has 0 aliphatic rings. The van der Waals surface area contributed by atoms with Crippen LogP contribution >= 0.6 is 11.3 Å². The third-order valence-electron chi connectivity index (χ3n) is 4.25. The fourth-order valence-corrected chi connectivity index (χ4v) is 3.57. The number of methoxy groups -OCH3 is 1. The van der Waals surface area contributed by atoms with E-state index in [-0.39, 0.29) is 5.97 Å². The van der Waals surface area contributed by atoms with Crippen LogP contribution in [0.2, 0.25) is 0 Å². The first-order valence-electron chi connectivity index (χ1n) is 8.83. The van der Waals surface area contributed by atoms with Crippen molar-refractivity contribution in [2.24, 2.45) is 0 Å². The van der Waals surface area contributed by atoms with E-state index in [0.29, 0.717) is 5.56 Å². The second-order valence-corrected chi connectivity index (χ2v) is 7.11. The van der Waals surface area contributed by atoms with Crippen LogP contribution in [0.4, 0.5) is 0 Å². The van der Waals surface area contributed by atoms with Crippen LogP contribution in [-0.2, 0) is 11.2 Å². The van der Waals surface area contributed by atoms with Crippen molar-refractivity contribution in [3.8, 4) is 21.1 Å². The first-order chi connectivity index (χ1) is 12.7. The molecule has 4 nitrogen and oxygen atoms in total. The van der Waals surface area contributed by atoms with E-state index in [2.05, 4.69) is 41.4 Å². The SMILES string of the molecule is CCCCCc1ccc(-c2nnc(-c3ccc(C(=O)OC)cc3)s2)cc1. The van der Waals surface area contributed by atoms with Gasteiger partial charge in [0.1, 0.15) is 10.0 Å². The van der Waals surface area contributed by atoms with E-state index in [1.54, 1.807) is 23.5 Å². The van der Waals surface area contributed by atoms with Crippen LogP contribution < -0.4 is 0 Å².